The van der Waals surface area contributed by atoms with Crippen LogP contribution in [0.15, 0.2) is 36.4 Å². The van der Waals surface area contributed by atoms with Gasteiger partial charge in [0.15, 0.2) is 0 Å². The molecule has 0 heterocycles. The molecule has 1 aliphatic carbocycles. The highest BCUT2D eigenvalue weighted by Gasteiger charge is 2.27. The van der Waals surface area contributed by atoms with Crippen LogP contribution in [-0.2, 0) is 6.42 Å². The number of benzene rings is 2. The normalized spacial score (nSPS) is 20.5. The van der Waals surface area contributed by atoms with Crippen molar-refractivity contribution in [1.29, 1.82) is 0 Å². The van der Waals surface area contributed by atoms with Gasteiger partial charge >= 0.3 is 0 Å². The van der Waals surface area contributed by atoms with Crippen LogP contribution in [0.2, 0.25) is 10.0 Å². The van der Waals surface area contributed by atoms with Crippen LogP contribution in [-0.4, -0.2) is 7.11 Å². The monoisotopic (exact) mass is 334 g/mol. The molecule has 3 heteroatoms. The van der Waals surface area contributed by atoms with Crippen LogP contribution in [0.4, 0.5) is 0 Å². The van der Waals surface area contributed by atoms with E-state index in [1.165, 1.54) is 23.1 Å². The first-order chi connectivity index (χ1) is 10.6. The second-order valence-electron chi connectivity index (χ2n) is 6.00. The Kier molecular flexibility index (Phi) is 4.65. The van der Waals surface area contributed by atoms with Crippen LogP contribution in [0.1, 0.15) is 42.4 Å². The number of methoxy groups -OCH3 is 1. The zero-order chi connectivity index (χ0) is 15.7. The van der Waals surface area contributed by atoms with Crippen molar-refractivity contribution < 1.29 is 4.74 Å². The summed E-state index contributed by atoms with van der Waals surface area (Å²) in [7, 11) is 1.72. The van der Waals surface area contributed by atoms with Crippen LogP contribution >= 0.6 is 23.2 Å². The Morgan fingerprint density at radius 3 is 2.59 bits per heavy atom. The van der Waals surface area contributed by atoms with Gasteiger partial charge in [0.25, 0.3) is 0 Å². The Morgan fingerprint density at radius 1 is 1.09 bits per heavy atom. The Morgan fingerprint density at radius 2 is 1.91 bits per heavy atom. The first kappa shape index (κ1) is 15.7. The van der Waals surface area contributed by atoms with E-state index in [0.29, 0.717) is 21.9 Å². The summed E-state index contributed by atoms with van der Waals surface area (Å²) >= 11 is 12.3. The minimum atomic E-state index is 0.384. The van der Waals surface area contributed by atoms with E-state index >= 15 is 0 Å². The fraction of sp³-hybridized carbons (Fsp3) is 0.368. The molecule has 0 N–H and O–H groups in total. The highest BCUT2D eigenvalue weighted by atomic mass is 35.5. The molecular weight excluding hydrogens is 315 g/mol. The molecule has 2 atom stereocenters. The summed E-state index contributed by atoms with van der Waals surface area (Å²) in [6, 6.07) is 12.5. The van der Waals surface area contributed by atoms with Gasteiger partial charge in [-0.1, -0.05) is 48.7 Å². The van der Waals surface area contributed by atoms with E-state index in [1.807, 2.05) is 12.1 Å². The SMILES string of the molecule is CC[C@H]1Cc2cc(OC)ccc2[C@@H](c2ccc(Cl)c(Cl)c2)C1. The molecule has 0 aromatic heterocycles. The molecule has 0 saturated heterocycles. The average Bonchev–Trinajstić information content (AvgIpc) is 2.55. The second kappa shape index (κ2) is 6.52. The lowest BCUT2D eigenvalue weighted by atomic mass is 9.73. The van der Waals surface area contributed by atoms with Crippen molar-refractivity contribution >= 4 is 23.2 Å². The predicted octanol–water partition coefficient (Wildman–Crippen LogP) is 6.11. The summed E-state index contributed by atoms with van der Waals surface area (Å²) in [4.78, 5) is 0. The highest BCUT2D eigenvalue weighted by molar-refractivity contribution is 6.42. The number of rotatable bonds is 3. The molecular formula is C19H20Cl2O. The van der Waals surface area contributed by atoms with Gasteiger partial charge < -0.3 is 4.74 Å². The van der Waals surface area contributed by atoms with E-state index in [0.717, 1.165) is 18.6 Å². The molecule has 1 aliphatic rings. The van der Waals surface area contributed by atoms with Gasteiger partial charge in [0.05, 0.1) is 17.2 Å². The maximum absolute atomic E-state index is 6.23. The lowest BCUT2D eigenvalue weighted by molar-refractivity contribution is 0.401. The maximum Gasteiger partial charge on any atom is 0.119 e. The predicted molar refractivity (Wildman–Crippen MR) is 93.4 cm³/mol. The summed E-state index contributed by atoms with van der Waals surface area (Å²) in [5.74, 6) is 2.01. The maximum atomic E-state index is 6.23. The third kappa shape index (κ3) is 2.98. The lowest BCUT2D eigenvalue weighted by Gasteiger charge is -2.32. The van der Waals surface area contributed by atoms with E-state index in [1.54, 1.807) is 7.11 Å². The molecule has 3 rings (SSSR count). The zero-order valence-corrected chi connectivity index (χ0v) is 14.4. The minimum Gasteiger partial charge on any atom is -0.497 e. The van der Waals surface area contributed by atoms with Gasteiger partial charge in [-0.25, -0.2) is 0 Å². The molecule has 22 heavy (non-hydrogen) atoms. The lowest BCUT2D eigenvalue weighted by Crippen LogP contribution is -2.19. The van der Waals surface area contributed by atoms with Gasteiger partial charge in [-0.05, 0) is 59.7 Å². The van der Waals surface area contributed by atoms with E-state index in [2.05, 4.69) is 31.2 Å². The van der Waals surface area contributed by atoms with Crippen LogP contribution in [0.3, 0.4) is 0 Å². The van der Waals surface area contributed by atoms with Crippen LogP contribution in [0, 0.1) is 5.92 Å². The number of hydrogen-bond acceptors (Lipinski definition) is 1. The fourth-order valence-corrected chi connectivity index (χ4v) is 3.74. The molecule has 2 aromatic rings. The van der Waals surface area contributed by atoms with Crippen molar-refractivity contribution in [3.05, 3.63) is 63.1 Å². The van der Waals surface area contributed by atoms with E-state index < -0.39 is 0 Å². The molecule has 116 valence electrons. The first-order valence-corrected chi connectivity index (χ1v) is 8.49. The molecule has 0 bridgehead atoms. The molecule has 2 aromatic carbocycles. The Hall–Kier alpha value is -1.18. The van der Waals surface area contributed by atoms with Gasteiger partial charge in [0, 0.05) is 5.92 Å². The van der Waals surface area contributed by atoms with E-state index in [-0.39, 0.29) is 0 Å². The molecule has 0 amide bonds. The van der Waals surface area contributed by atoms with Crippen molar-refractivity contribution in [2.45, 2.75) is 32.1 Å². The third-order valence-corrected chi connectivity index (χ3v) is 5.47. The number of halogens is 2. The molecule has 0 spiro atoms. The first-order valence-electron chi connectivity index (χ1n) is 7.74. The van der Waals surface area contributed by atoms with Gasteiger partial charge in [-0.3, -0.25) is 0 Å². The molecule has 0 radical (unpaired) electrons. The molecule has 0 aliphatic heterocycles. The largest absolute Gasteiger partial charge is 0.497 e. The summed E-state index contributed by atoms with van der Waals surface area (Å²) in [6.45, 7) is 2.27. The van der Waals surface area contributed by atoms with E-state index in [4.69, 9.17) is 27.9 Å². The third-order valence-electron chi connectivity index (χ3n) is 4.73. The van der Waals surface area contributed by atoms with Gasteiger partial charge in [-0.15, -0.1) is 0 Å². The summed E-state index contributed by atoms with van der Waals surface area (Å²) in [5, 5.41) is 1.25. The smallest absolute Gasteiger partial charge is 0.119 e. The Balaban J connectivity index is 2.05. The van der Waals surface area contributed by atoms with Crippen molar-refractivity contribution in [3.63, 3.8) is 0 Å². The van der Waals surface area contributed by atoms with Crippen LogP contribution in [0.25, 0.3) is 0 Å². The van der Waals surface area contributed by atoms with Crippen molar-refractivity contribution in [1.82, 2.24) is 0 Å². The quantitative estimate of drug-likeness (QED) is 0.658. The molecule has 1 nitrogen and oxygen atoms in total. The van der Waals surface area contributed by atoms with Gasteiger partial charge in [0.1, 0.15) is 5.75 Å². The van der Waals surface area contributed by atoms with Crippen molar-refractivity contribution in [2.24, 2.45) is 5.92 Å². The topological polar surface area (TPSA) is 9.23 Å². The van der Waals surface area contributed by atoms with Crippen molar-refractivity contribution in [2.75, 3.05) is 7.11 Å². The van der Waals surface area contributed by atoms with Crippen molar-refractivity contribution in [3.8, 4) is 5.75 Å². The molecule has 0 fully saturated rings. The van der Waals surface area contributed by atoms with E-state index in [9.17, 15) is 0 Å². The van der Waals surface area contributed by atoms with Gasteiger partial charge in [-0.2, -0.15) is 0 Å². The average molecular weight is 335 g/mol. The fourth-order valence-electron chi connectivity index (χ4n) is 3.44. The van der Waals surface area contributed by atoms with Crippen LogP contribution < -0.4 is 4.74 Å². The number of hydrogen-bond donors (Lipinski definition) is 0. The Labute approximate surface area is 142 Å². The van der Waals surface area contributed by atoms with Crippen LogP contribution in [0.5, 0.6) is 5.75 Å². The minimum absolute atomic E-state index is 0.384. The molecule has 0 unspecified atom stereocenters. The number of fused-ring (bicyclic) bond motifs is 1. The number of ether oxygens (including phenoxy) is 1. The molecule has 0 saturated carbocycles. The Bertz CT molecular complexity index is 681. The standard InChI is InChI=1S/C19H20Cl2O/c1-3-12-8-14-10-15(22-2)5-6-16(14)17(9-12)13-4-7-18(20)19(21)11-13/h4-7,10-12,17H,3,8-9H2,1-2H3/t12-,17+/m0/s1. The highest BCUT2D eigenvalue weighted by Crippen LogP contribution is 2.42. The second-order valence-corrected chi connectivity index (χ2v) is 6.82. The summed E-state index contributed by atoms with van der Waals surface area (Å²) in [5.41, 5.74) is 4.04. The van der Waals surface area contributed by atoms with Gasteiger partial charge in [0.2, 0.25) is 0 Å². The summed E-state index contributed by atoms with van der Waals surface area (Å²) in [6.07, 6.45) is 3.48. The summed E-state index contributed by atoms with van der Waals surface area (Å²) < 4.78 is 5.39. The zero-order valence-electron chi connectivity index (χ0n) is 12.9.